The van der Waals surface area contributed by atoms with Crippen molar-refractivity contribution < 1.29 is 9.53 Å². The fourth-order valence-corrected chi connectivity index (χ4v) is 0.949. The van der Waals surface area contributed by atoms with Gasteiger partial charge in [0.15, 0.2) is 0 Å². The average Bonchev–Trinajstić information content (AvgIpc) is 2.47. The van der Waals surface area contributed by atoms with Crippen LogP contribution in [0.4, 0.5) is 0 Å². The van der Waals surface area contributed by atoms with E-state index in [0.29, 0.717) is 12.8 Å². The van der Waals surface area contributed by atoms with Gasteiger partial charge in [0, 0.05) is 19.7 Å². The number of methoxy groups -OCH3 is 1. The van der Waals surface area contributed by atoms with Crippen LogP contribution in [-0.4, -0.2) is 22.9 Å². The molecule has 0 unspecified atom stereocenters. The van der Waals surface area contributed by atoms with E-state index < -0.39 is 0 Å². The Morgan fingerprint density at radius 3 is 3.00 bits per heavy atom. The smallest absolute Gasteiger partial charge is 0.305 e. The van der Waals surface area contributed by atoms with Gasteiger partial charge in [0.05, 0.1) is 13.3 Å². The second-order valence-electron chi connectivity index (χ2n) is 2.60. The van der Waals surface area contributed by atoms with Crippen LogP contribution in [0.2, 0.25) is 0 Å². The van der Waals surface area contributed by atoms with Crippen molar-refractivity contribution in [2.45, 2.75) is 12.8 Å². The van der Waals surface area contributed by atoms with Crippen molar-refractivity contribution in [3.05, 3.63) is 18.0 Å². The van der Waals surface area contributed by atoms with Crippen molar-refractivity contribution in [2.24, 2.45) is 7.05 Å². The Morgan fingerprint density at radius 2 is 2.50 bits per heavy atom. The van der Waals surface area contributed by atoms with Gasteiger partial charge in [-0.3, -0.25) is 9.48 Å². The zero-order valence-corrected chi connectivity index (χ0v) is 7.28. The minimum atomic E-state index is -0.182. The molecular weight excluding hydrogens is 156 g/mol. The zero-order chi connectivity index (χ0) is 8.97. The highest BCUT2D eigenvalue weighted by Crippen LogP contribution is 2.01. The summed E-state index contributed by atoms with van der Waals surface area (Å²) in [4.78, 5) is 10.7. The molecule has 0 saturated heterocycles. The molecule has 0 spiro atoms. The highest BCUT2D eigenvalue weighted by molar-refractivity contribution is 5.69. The molecule has 66 valence electrons. The molecule has 0 aliphatic rings. The number of nitrogens with zero attached hydrogens (tertiary/aromatic N) is 2. The van der Waals surface area contributed by atoms with Crippen LogP contribution in [0.25, 0.3) is 0 Å². The van der Waals surface area contributed by atoms with E-state index in [2.05, 4.69) is 9.84 Å². The Labute approximate surface area is 71.1 Å². The van der Waals surface area contributed by atoms with Crippen LogP contribution >= 0.6 is 0 Å². The van der Waals surface area contributed by atoms with E-state index in [1.807, 2.05) is 13.2 Å². The maximum Gasteiger partial charge on any atom is 0.305 e. The molecule has 12 heavy (non-hydrogen) atoms. The summed E-state index contributed by atoms with van der Waals surface area (Å²) in [5.41, 5.74) is 1.06. The van der Waals surface area contributed by atoms with Crippen molar-refractivity contribution in [3.63, 3.8) is 0 Å². The first-order valence-corrected chi connectivity index (χ1v) is 3.76. The predicted molar refractivity (Wildman–Crippen MR) is 43.5 cm³/mol. The molecule has 4 heteroatoms. The standard InChI is InChI=1S/C8H12N2O2/c1-10-6-7(5-9-10)3-4-8(11)12-2/h5-6H,3-4H2,1-2H3. The lowest BCUT2D eigenvalue weighted by atomic mass is 10.2. The number of carbonyl (C=O) groups excluding carboxylic acids is 1. The fraction of sp³-hybridized carbons (Fsp3) is 0.500. The number of aryl methyl sites for hydroxylation is 2. The maximum absolute atomic E-state index is 10.7. The van der Waals surface area contributed by atoms with Crippen LogP contribution < -0.4 is 0 Å². The molecule has 0 aliphatic heterocycles. The number of aromatic nitrogens is 2. The lowest BCUT2D eigenvalue weighted by Crippen LogP contribution is -2.01. The summed E-state index contributed by atoms with van der Waals surface area (Å²) in [6, 6.07) is 0. The van der Waals surface area contributed by atoms with Crippen LogP contribution in [0.15, 0.2) is 12.4 Å². The number of hydrogen-bond acceptors (Lipinski definition) is 3. The first-order chi connectivity index (χ1) is 5.72. The molecule has 0 N–H and O–H groups in total. The number of carbonyl (C=O) groups is 1. The van der Waals surface area contributed by atoms with Crippen LogP contribution in [0.1, 0.15) is 12.0 Å². The van der Waals surface area contributed by atoms with Crippen LogP contribution in [0, 0.1) is 0 Å². The molecule has 0 fully saturated rings. The van der Waals surface area contributed by atoms with Crippen molar-refractivity contribution in [1.82, 2.24) is 9.78 Å². The monoisotopic (exact) mass is 168 g/mol. The van der Waals surface area contributed by atoms with E-state index in [9.17, 15) is 4.79 Å². The molecular formula is C8H12N2O2. The molecule has 0 radical (unpaired) electrons. The van der Waals surface area contributed by atoms with Crippen LogP contribution in [0.5, 0.6) is 0 Å². The van der Waals surface area contributed by atoms with Gasteiger partial charge in [-0.15, -0.1) is 0 Å². The van der Waals surface area contributed by atoms with E-state index in [1.54, 1.807) is 10.9 Å². The normalized spacial score (nSPS) is 9.83. The van der Waals surface area contributed by atoms with Gasteiger partial charge in [0.1, 0.15) is 0 Å². The molecule has 0 saturated carbocycles. The third kappa shape index (κ3) is 2.38. The van der Waals surface area contributed by atoms with Gasteiger partial charge in [0.25, 0.3) is 0 Å². The topological polar surface area (TPSA) is 44.1 Å². The molecule has 0 amide bonds. The summed E-state index contributed by atoms with van der Waals surface area (Å²) < 4.78 is 6.23. The largest absolute Gasteiger partial charge is 0.469 e. The SMILES string of the molecule is COC(=O)CCc1cnn(C)c1. The molecule has 0 atom stereocenters. The number of esters is 1. The second-order valence-corrected chi connectivity index (χ2v) is 2.60. The highest BCUT2D eigenvalue weighted by Gasteiger charge is 2.01. The Kier molecular flexibility index (Phi) is 2.85. The summed E-state index contributed by atoms with van der Waals surface area (Å²) in [7, 11) is 3.24. The Morgan fingerprint density at radius 1 is 1.75 bits per heavy atom. The molecule has 0 bridgehead atoms. The zero-order valence-electron chi connectivity index (χ0n) is 7.28. The Hall–Kier alpha value is -1.32. The third-order valence-corrected chi connectivity index (χ3v) is 1.60. The summed E-state index contributed by atoms with van der Waals surface area (Å²) in [5, 5.41) is 3.98. The molecule has 1 aromatic rings. The van der Waals surface area contributed by atoms with E-state index in [1.165, 1.54) is 7.11 Å². The van der Waals surface area contributed by atoms with Gasteiger partial charge in [-0.05, 0) is 12.0 Å². The first kappa shape index (κ1) is 8.77. The maximum atomic E-state index is 10.7. The van der Waals surface area contributed by atoms with Crippen molar-refractivity contribution >= 4 is 5.97 Å². The molecule has 4 nitrogen and oxygen atoms in total. The van der Waals surface area contributed by atoms with E-state index >= 15 is 0 Å². The quantitative estimate of drug-likeness (QED) is 0.618. The lowest BCUT2D eigenvalue weighted by Gasteiger charge is -1.95. The third-order valence-electron chi connectivity index (χ3n) is 1.60. The summed E-state index contributed by atoms with van der Waals surface area (Å²) in [5.74, 6) is -0.182. The van der Waals surface area contributed by atoms with Gasteiger partial charge in [0.2, 0.25) is 0 Å². The number of ether oxygens (including phenoxy) is 1. The summed E-state index contributed by atoms with van der Waals surface area (Å²) >= 11 is 0. The number of hydrogen-bond donors (Lipinski definition) is 0. The van der Waals surface area contributed by atoms with Gasteiger partial charge in [-0.2, -0.15) is 5.10 Å². The highest BCUT2D eigenvalue weighted by atomic mass is 16.5. The lowest BCUT2D eigenvalue weighted by molar-refractivity contribution is -0.140. The molecule has 1 rings (SSSR count). The summed E-state index contributed by atoms with van der Waals surface area (Å²) in [6.07, 6.45) is 4.76. The van der Waals surface area contributed by atoms with Gasteiger partial charge < -0.3 is 4.74 Å². The first-order valence-electron chi connectivity index (χ1n) is 3.76. The molecule has 1 heterocycles. The minimum Gasteiger partial charge on any atom is -0.469 e. The van der Waals surface area contributed by atoms with E-state index in [0.717, 1.165) is 5.56 Å². The van der Waals surface area contributed by atoms with Crippen molar-refractivity contribution in [1.29, 1.82) is 0 Å². The summed E-state index contributed by atoms with van der Waals surface area (Å²) in [6.45, 7) is 0. The van der Waals surface area contributed by atoms with E-state index in [4.69, 9.17) is 0 Å². The Balaban J connectivity index is 2.38. The fourth-order valence-electron chi connectivity index (χ4n) is 0.949. The van der Waals surface area contributed by atoms with Gasteiger partial charge in [-0.1, -0.05) is 0 Å². The van der Waals surface area contributed by atoms with Crippen LogP contribution in [-0.2, 0) is 23.0 Å². The van der Waals surface area contributed by atoms with Gasteiger partial charge >= 0.3 is 5.97 Å². The van der Waals surface area contributed by atoms with Crippen LogP contribution in [0.3, 0.4) is 0 Å². The van der Waals surface area contributed by atoms with Crippen molar-refractivity contribution in [3.8, 4) is 0 Å². The predicted octanol–water partition coefficient (Wildman–Crippen LogP) is 0.526. The molecule has 0 aliphatic carbocycles. The van der Waals surface area contributed by atoms with Crippen molar-refractivity contribution in [2.75, 3.05) is 7.11 Å². The van der Waals surface area contributed by atoms with Gasteiger partial charge in [-0.25, -0.2) is 0 Å². The molecule has 1 aromatic heterocycles. The average molecular weight is 168 g/mol. The number of rotatable bonds is 3. The minimum absolute atomic E-state index is 0.182. The second kappa shape index (κ2) is 3.90. The molecule has 0 aromatic carbocycles. The Bertz CT molecular complexity index is 268. The van der Waals surface area contributed by atoms with E-state index in [-0.39, 0.29) is 5.97 Å².